The Morgan fingerprint density at radius 1 is 1.00 bits per heavy atom. The Labute approximate surface area is 205 Å². The fourth-order valence-corrected chi connectivity index (χ4v) is 4.81. The van der Waals surface area contributed by atoms with Crippen LogP contribution in [0.3, 0.4) is 0 Å². The third kappa shape index (κ3) is 4.59. The Kier molecular flexibility index (Phi) is 6.68. The van der Waals surface area contributed by atoms with E-state index in [0.717, 1.165) is 59.7 Å². The van der Waals surface area contributed by atoms with Gasteiger partial charge in [0.15, 0.2) is 6.23 Å². The maximum atomic E-state index is 13.3. The average Bonchev–Trinajstić information content (AvgIpc) is 2.92. The van der Waals surface area contributed by atoms with Crippen molar-refractivity contribution >= 4 is 23.0 Å². The lowest BCUT2D eigenvalue weighted by atomic mass is 9.94. The number of methoxy groups -OCH3 is 2. The predicted molar refractivity (Wildman–Crippen MR) is 138 cm³/mol. The molecule has 0 aliphatic carbocycles. The number of nitrogens with one attached hydrogen (secondary N) is 2. The molecule has 2 N–H and O–H groups in total. The molecule has 180 valence electrons. The number of anilines is 2. The van der Waals surface area contributed by atoms with Crippen LogP contribution in [0.5, 0.6) is 5.75 Å². The normalized spacial score (nSPS) is 17.1. The number of carbonyl (C=O) groups excluding carboxylic acids is 1. The van der Waals surface area contributed by atoms with E-state index >= 15 is 0 Å². The second kappa shape index (κ2) is 10.2. The van der Waals surface area contributed by atoms with Crippen molar-refractivity contribution in [3.63, 3.8) is 0 Å². The van der Waals surface area contributed by atoms with Crippen LogP contribution in [-0.4, -0.2) is 38.9 Å². The van der Waals surface area contributed by atoms with Gasteiger partial charge in [0, 0.05) is 36.9 Å². The van der Waals surface area contributed by atoms with Gasteiger partial charge in [0.05, 0.1) is 29.8 Å². The molecule has 7 nitrogen and oxygen atoms in total. The van der Waals surface area contributed by atoms with Gasteiger partial charge in [-0.2, -0.15) is 5.10 Å². The number of piperidine rings is 1. The van der Waals surface area contributed by atoms with Crippen LogP contribution in [0, 0.1) is 0 Å². The molecule has 1 saturated heterocycles. The van der Waals surface area contributed by atoms with E-state index in [2.05, 4.69) is 32.9 Å². The molecule has 0 radical (unpaired) electrons. The number of rotatable bonds is 6. The van der Waals surface area contributed by atoms with Crippen molar-refractivity contribution in [2.45, 2.75) is 25.5 Å². The zero-order valence-electron chi connectivity index (χ0n) is 20.1. The van der Waals surface area contributed by atoms with Crippen LogP contribution in [0.25, 0.3) is 0 Å². The summed E-state index contributed by atoms with van der Waals surface area (Å²) in [5.74, 6) is 0.336. The summed E-state index contributed by atoms with van der Waals surface area (Å²) in [5.41, 5.74) is 9.13. The first kappa shape index (κ1) is 22.9. The lowest BCUT2D eigenvalue weighted by Crippen LogP contribution is -2.31. The number of ether oxygens (including phenoxy) is 2. The molecule has 0 spiro atoms. The van der Waals surface area contributed by atoms with Gasteiger partial charge in [0.1, 0.15) is 5.75 Å². The highest BCUT2D eigenvalue weighted by Crippen LogP contribution is 2.33. The van der Waals surface area contributed by atoms with E-state index in [0.29, 0.717) is 11.3 Å². The zero-order valence-corrected chi connectivity index (χ0v) is 20.1. The van der Waals surface area contributed by atoms with Crippen molar-refractivity contribution in [1.29, 1.82) is 0 Å². The summed E-state index contributed by atoms with van der Waals surface area (Å²) in [6.07, 6.45) is 3.22. The number of nitrogens with zero attached hydrogens (tertiary/aromatic N) is 2. The third-order valence-electron chi connectivity index (χ3n) is 6.59. The molecule has 0 bridgehead atoms. The quantitative estimate of drug-likeness (QED) is 0.534. The van der Waals surface area contributed by atoms with Crippen molar-refractivity contribution in [3.05, 3.63) is 89.0 Å². The first-order valence-corrected chi connectivity index (χ1v) is 12.0. The van der Waals surface area contributed by atoms with Crippen LogP contribution in [-0.2, 0) is 4.74 Å². The topological polar surface area (TPSA) is 75.2 Å². The Morgan fingerprint density at radius 2 is 1.77 bits per heavy atom. The molecule has 3 aromatic rings. The SMILES string of the molecule is COc1ccccc1C(=O)Nc1cc(C2=NNC(OC)c3ccccc32)ccc1N1CCCCC1. The number of fused-ring (bicyclic) bond motifs is 1. The largest absolute Gasteiger partial charge is 0.496 e. The second-order valence-electron chi connectivity index (χ2n) is 8.73. The molecule has 1 unspecified atom stereocenters. The van der Waals surface area contributed by atoms with E-state index in [9.17, 15) is 4.79 Å². The molecule has 2 aliphatic rings. The molecule has 2 heterocycles. The van der Waals surface area contributed by atoms with Crippen LogP contribution in [0.4, 0.5) is 11.4 Å². The second-order valence-corrected chi connectivity index (χ2v) is 8.73. The van der Waals surface area contributed by atoms with Gasteiger partial charge in [-0.15, -0.1) is 0 Å². The first-order valence-electron chi connectivity index (χ1n) is 12.0. The minimum Gasteiger partial charge on any atom is -0.496 e. The summed E-state index contributed by atoms with van der Waals surface area (Å²) in [4.78, 5) is 15.7. The Morgan fingerprint density at radius 3 is 2.57 bits per heavy atom. The van der Waals surface area contributed by atoms with E-state index in [1.165, 1.54) is 6.42 Å². The van der Waals surface area contributed by atoms with Gasteiger partial charge >= 0.3 is 0 Å². The fourth-order valence-electron chi connectivity index (χ4n) is 4.81. The summed E-state index contributed by atoms with van der Waals surface area (Å²) in [5, 5.41) is 7.80. The number of carbonyl (C=O) groups is 1. The number of para-hydroxylation sites is 1. The minimum absolute atomic E-state index is 0.207. The highest BCUT2D eigenvalue weighted by atomic mass is 16.5. The summed E-state index contributed by atoms with van der Waals surface area (Å²) in [6.45, 7) is 1.94. The van der Waals surface area contributed by atoms with E-state index in [1.807, 2.05) is 42.5 Å². The number of benzene rings is 3. The van der Waals surface area contributed by atoms with Crippen molar-refractivity contribution in [3.8, 4) is 5.75 Å². The molecule has 3 aromatic carbocycles. The molecule has 0 saturated carbocycles. The van der Waals surface area contributed by atoms with Crippen molar-refractivity contribution in [1.82, 2.24) is 5.43 Å². The highest BCUT2D eigenvalue weighted by Gasteiger charge is 2.25. The van der Waals surface area contributed by atoms with Crippen LogP contribution in [0.1, 0.15) is 52.5 Å². The predicted octanol–water partition coefficient (Wildman–Crippen LogP) is 4.94. The number of amides is 1. The van der Waals surface area contributed by atoms with Crippen LogP contribution in [0.15, 0.2) is 71.8 Å². The standard InChI is InChI=1S/C28H30N4O3/c1-34-25-13-7-6-12-22(25)27(33)29-23-18-19(14-15-24(23)32-16-8-3-9-17-32)26-20-10-4-5-11-21(20)28(35-2)31-30-26/h4-7,10-15,18,28,31H,3,8-9,16-17H2,1-2H3,(H,29,33). The molecular formula is C28H30N4O3. The van der Waals surface area contributed by atoms with Gasteiger partial charge in [-0.25, -0.2) is 0 Å². The van der Waals surface area contributed by atoms with E-state index in [4.69, 9.17) is 9.47 Å². The molecule has 35 heavy (non-hydrogen) atoms. The Hall–Kier alpha value is -3.84. The summed E-state index contributed by atoms with van der Waals surface area (Å²) >= 11 is 0. The molecule has 5 rings (SSSR count). The average molecular weight is 471 g/mol. The first-order chi connectivity index (χ1) is 17.2. The van der Waals surface area contributed by atoms with E-state index in [1.54, 1.807) is 26.4 Å². The lowest BCUT2D eigenvalue weighted by molar-refractivity contribution is 0.0731. The zero-order chi connectivity index (χ0) is 24.2. The molecule has 1 fully saturated rings. The molecule has 7 heteroatoms. The van der Waals surface area contributed by atoms with Gasteiger partial charge in [0.2, 0.25) is 0 Å². The minimum atomic E-state index is -0.299. The number of hydrogen-bond donors (Lipinski definition) is 2. The number of hydrazone groups is 1. The molecule has 2 aliphatic heterocycles. The van der Waals surface area contributed by atoms with Gasteiger partial charge in [-0.05, 0) is 43.5 Å². The monoisotopic (exact) mass is 470 g/mol. The molecule has 1 atom stereocenters. The van der Waals surface area contributed by atoms with Gasteiger partial charge in [-0.3, -0.25) is 10.2 Å². The van der Waals surface area contributed by atoms with E-state index < -0.39 is 0 Å². The maximum absolute atomic E-state index is 13.3. The summed E-state index contributed by atoms with van der Waals surface area (Å²) < 4.78 is 11.0. The fraction of sp³-hybridized carbons (Fsp3) is 0.286. The van der Waals surface area contributed by atoms with Crippen molar-refractivity contribution in [2.24, 2.45) is 5.10 Å². The van der Waals surface area contributed by atoms with Crippen LogP contribution < -0.4 is 20.4 Å². The van der Waals surface area contributed by atoms with Crippen LogP contribution >= 0.6 is 0 Å². The van der Waals surface area contributed by atoms with Crippen LogP contribution in [0.2, 0.25) is 0 Å². The van der Waals surface area contributed by atoms with Gasteiger partial charge in [0.25, 0.3) is 5.91 Å². The molecule has 0 aromatic heterocycles. The van der Waals surface area contributed by atoms with Crippen molar-refractivity contribution < 1.29 is 14.3 Å². The Bertz CT molecular complexity index is 1250. The summed E-state index contributed by atoms with van der Waals surface area (Å²) in [7, 11) is 3.23. The smallest absolute Gasteiger partial charge is 0.259 e. The van der Waals surface area contributed by atoms with Gasteiger partial charge < -0.3 is 19.7 Å². The maximum Gasteiger partial charge on any atom is 0.259 e. The third-order valence-corrected chi connectivity index (χ3v) is 6.59. The molecule has 1 amide bonds. The van der Waals surface area contributed by atoms with Gasteiger partial charge in [-0.1, -0.05) is 42.5 Å². The lowest BCUT2D eigenvalue weighted by Gasteiger charge is -2.31. The number of hydrogen-bond acceptors (Lipinski definition) is 6. The highest BCUT2D eigenvalue weighted by molar-refractivity contribution is 6.16. The molecular weight excluding hydrogens is 440 g/mol. The Balaban J connectivity index is 1.54. The van der Waals surface area contributed by atoms with Crippen molar-refractivity contribution in [2.75, 3.05) is 37.5 Å². The van der Waals surface area contributed by atoms with E-state index in [-0.39, 0.29) is 12.1 Å². The summed E-state index contributed by atoms with van der Waals surface area (Å²) in [6, 6.07) is 21.5.